The second-order valence-corrected chi connectivity index (χ2v) is 3.40. The van der Waals surface area contributed by atoms with Crippen LogP contribution in [0.5, 0.6) is 0 Å². The number of hydrogen-bond acceptors (Lipinski definition) is 3. The number of fused-ring (bicyclic) bond motifs is 1. The molecule has 2 aromatic rings. The van der Waals surface area contributed by atoms with E-state index in [-0.39, 0.29) is 5.82 Å². The molecule has 0 atom stereocenters. The minimum Gasteiger partial charge on any atom is -0.298 e. The summed E-state index contributed by atoms with van der Waals surface area (Å²) in [6.07, 6.45) is 0.638. The molecule has 2 rings (SSSR count). The number of benzene rings is 1. The highest BCUT2D eigenvalue weighted by Gasteiger charge is 2.04. The second kappa shape index (κ2) is 4.00. The minimum atomic E-state index is 0.119. The van der Waals surface area contributed by atoms with Gasteiger partial charge in [-0.15, -0.1) is 0 Å². The molecule has 0 aliphatic heterocycles. The van der Waals surface area contributed by atoms with Crippen molar-refractivity contribution in [2.24, 2.45) is 5.11 Å². The summed E-state index contributed by atoms with van der Waals surface area (Å²) in [4.78, 5) is 17.6. The average molecular weight is 212 g/mol. The van der Waals surface area contributed by atoms with Crippen LogP contribution in [0.2, 0.25) is 0 Å². The molecule has 16 heavy (non-hydrogen) atoms. The van der Waals surface area contributed by atoms with Crippen molar-refractivity contribution >= 4 is 23.0 Å². The quantitative estimate of drug-likeness (QED) is 0.331. The summed E-state index contributed by atoms with van der Waals surface area (Å²) in [7, 11) is 0. The van der Waals surface area contributed by atoms with Gasteiger partial charge in [0.2, 0.25) is 0 Å². The van der Waals surface area contributed by atoms with Crippen LogP contribution in [0.3, 0.4) is 0 Å². The van der Waals surface area contributed by atoms with Crippen LogP contribution in [-0.4, -0.2) is 11.3 Å². The van der Waals surface area contributed by atoms with Crippen LogP contribution in [0.1, 0.15) is 15.9 Å². The predicted octanol–water partition coefficient (Wildman–Crippen LogP) is 3.30. The fourth-order valence-electron chi connectivity index (χ4n) is 1.51. The molecule has 5 heteroatoms. The monoisotopic (exact) mass is 212 g/mol. The van der Waals surface area contributed by atoms with Gasteiger partial charge in [0.1, 0.15) is 5.82 Å². The average Bonchev–Trinajstić information content (AvgIpc) is 2.29. The molecule has 0 unspecified atom stereocenters. The van der Waals surface area contributed by atoms with Gasteiger partial charge in [0.25, 0.3) is 0 Å². The Morgan fingerprint density at radius 3 is 2.94 bits per heavy atom. The number of aldehydes is 1. The summed E-state index contributed by atoms with van der Waals surface area (Å²) < 4.78 is 0. The van der Waals surface area contributed by atoms with Crippen molar-refractivity contribution in [1.29, 1.82) is 0 Å². The lowest BCUT2D eigenvalue weighted by atomic mass is 10.1. The third-order valence-electron chi connectivity index (χ3n) is 2.24. The van der Waals surface area contributed by atoms with E-state index in [0.717, 1.165) is 10.9 Å². The highest BCUT2D eigenvalue weighted by molar-refractivity contribution is 5.90. The van der Waals surface area contributed by atoms with E-state index in [9.17, 15) is 4.79 Å². The molecule has 0 fully saturated rings. The third-order valence-corrected chi connectivity index (χ3v) is 2.24. The van der Waals surface area contributed by atoms with E-state index in [1.54, 1.807) is 6.07 Å². The number of nitrogens with zero attached hydrogens (tertiary/aromatic N) is 4. The Morgan fingerprint density at radius 1 is 1.44 bits per heavy atom. The number of aromatic nitrogens is 1. The first-order valence-corrected chi connectivity index (χ1v) is 4.66. The molecule has 0 saturated heterocycles. The normalized spacial score (nSPS) is 9.81. The Morgan fingerprint density at radius 2 is 2.25 bits per heavy atom. The van der Waals surface area contributed by atoms with E-state index >= 15 is 0 Å². The van der Waals surface area contributed by atoms with Gasteiger partial charge in [-0.05, 0) is 35.8 Å². The smallest absolute Gasteiger partial charge is 0.152 e. The summed E-state index contributed by atoms with van der Waals surface area (Å²) >= 11 is 0. The Hall–Kier alpha value is -2.39. The Labute approximate surface area is 91.4 Å². The summed E-state index contributed by atoms with van der Waals surface area (Å²) in [5.74, 6) is 0.119. The van der Waals surface area contributed by atoms with E-state index in [1.807, 2.05) is 25.1 Å². The minimum absolute atomic E-state index is 0.119. The van der Waals surface area contributed by atoms with Crippen molar-refractivity contribution in [2.75, 3.05) is 0 Å². The number of azide groups is 1. The van der Waals surface area contributed by atoms with Gasteiger partial charge in [-0.25, -0.2) is 4.98 Å². The fraction of sp³-hybridized carbons (Fsp3) is 0.0909. The maximum atomic E-state index is 10.8. The SMILES string of the molecule is Cc1ccc2nc(N=[N+]=[N-])c(C=O)cc2c1. The predicted molar refractivity (Wildman–Crippen MR) is 60.7 cm³/mol. The first kappa shape index (κ1) is 10.1. The van der Waals surface area contributed by atoms with E-state index in [2.05, 4.69) is 15.0 Å². The Balaban J connectivity index is 2.79. The van der Waals surface area contributed by atoms with Crippen LogP contribution in [-0.2, 0) is 0 Å². The molecule has 5 nitrogen and oxygen atoms in total. The Bertz CT molecular complexity index is 615. The first-order chi connectivity index (χ1) is 7.74. The topological polar surface area (TPSA) is 78.7 Å². The van der Waals surface area contributed by atoms with Crippen molar-refractivity contribution in [3.63, 3.8) is 0 Å². The van der Waals surface area contributed by atoms with Gasteiger partial charge in [0.05, 0.1) is 5.52 Å². The molecule has 0 aliphatic carbocycles. The lowest BCUT2D eigenvalue weighted by Crippen LogP contribution is -1.87. The zero-order chi connectivity index (χ0) is 11.5. The zero-order valence-corrected chi connectivity index (χ0v) is 8.58. The Kier molecular flexibility index (Phi) is 2.54. The van der Waals surface area contributed by atoms with Gasteiger partial charge in [-0.1, -0.05) is 11.6 Å². The molecule has 0 bridgehead atoms. The number of carbonyl (C=O) groups excluding carboxylic acids is 1. The number of hydrogen-bond donors (Lipinski definition) is 0. The molecule has 1 aromatic heterocycles. The van der Waals surface area contributed by atoms with Crippen molar-refractivity contribution in [3.8, 4) is 0 Å². The molecular formula is C11H8N4O. The van der Waals surface area contributed by atoms with Gasteiger partial charge in [-0.2, -0.15) is 0 Å². The van der Waals surface area contributed by atoms with Crippen molar-refractivity contribution in [1.82, 2.24) is 4.98 Å². The second-order valence-electron chi connectivity index (χ2n) is 3.40. The van der Waals surface area contributed by atoms with Crippen LogP contribution in [0.25, 0.3) is 21.3 Å². The molecule has 1 aromatic carbocycles. The maximum Gasteiger partial charge on any atom is 0.152 e. The highest BCUT2D eigenvalue weighted by atomic mass is 16.1. The zero-order valence-electron chi connectivity index (χ0n) is 8.58. The summed E-state index contributed by atoms with van der Waals surface area (Å²) in [6, 6.07) is 7.34. The molecule has 0 radical (unpaired) electrons. The van der Waals surface area contributed by atoms with E-state index < -0.39 is 0 Å². The highest BCUT2D eigenvalue weighted by Crippen LogP contribution is 2.22. The lowest BCUT2D eigenvalue weighted by Gasteiger charge is -2.02. The van der Waals surface area contributed by atoms with Crippen LogP contribution < -0.4 is 0 Å². The van der Waals surface area contributed by atoms with Gasteiger partial charge < -0.3 is 0 Å². The standard InChI is InChI=1S/C11H8N4O/c1-7-2-3-10-8(4-7)5-9(6-16)11(13-10)14-15-12/h2-6H,1H3. The number of pyridine rings is 1. The molecular weight excluding hydrogens is 204 g/mol. The number of carbonyl (C=O) groups is 1. The maximum absolute atomic E-state index is 10.8. The number of rotatable bonds is 2. The molecule has 0 N–H and O–H groups in total. The van der Waals surface area contributed by atoms with Crippen LogP contribution in [0, 0.1) is 6.92 Å². The number of aryl methyl sites for hydroxylation is 1. The van der Waals surface area contributed by atoms with E-state index in [1.165, 1.54) is 0 Å². The van der Waals surface area contributed by atoms with Crippen LogP contribution in [0.4, 0.5) is 5.82 Å². The fourth-order valence-corrected chi connectivity index (χ4v) is 1.51. The van der Waals surface area contributed by atoms with Gasteiger partial charge in [0.15, 0.2) is 6.29 Å². The molecule has 0 spiro atoms. The molecule has 0 saturated carbocycles. The molecule has 0 amide bonds. The van der Waals surface area contributed by atoms with Crippen molar-refractivity contribution < 1.29 is 4.79 Å². The van der Waals surface area contributed by atoms with E-state index in [0.29, 0.717) is 17.4 Å². The lowest BCUT2D eigenvalue weighted by molar-refractivity contribution is 0.112. The third kappa shape index (κ3) is 1.71. The largest absolute Gasteiger partial charge is 0.298 e. The molecule has 78 valence electrons. The van der Waals surface area contributed by atoms with Crippen LogP contribution in [0.15, 0.2) is 29.4 Å². The van der Waals surface area contributed by atoms with Crippen molar-refractivity contribution in [2.45, 2.75) is 6.92 Å². The van der Waals surface area contributed by atoms with Gasteiger partial charge >= 0.3 is 0 Å². The van der Waals surface area contributed by atoms with Gasteiger partial charge in [0, 0.05) is 15.9 Å². The summed E-state index contributed by atoms with van der Waals surface area (Å²) in [5.41, 5.74) is 10.5. The van der Waals surface area contributed by atoms with E-state index in [4.69, 9.17) is 5.53 Å². The molecule has 0 aliphatic rings. The summed E-state index contributed by atoms with van der Waals surface area (Å²) in [5, 5.41) is 4.25. The van der Waals surface area contributed by atoms with Crippen molar-refractivity contribution in [3.05, 3.63) is 45.8 Å². The molecule has 1 heterocycles. The van der Waals surface area contributed by atoms with Crippen LogP contribution >= 0.6 is 0 Å². The summed E-state index contributed by atoms with van der Waals surface area (Å²) in [6.45, 7) is 1.96. The van der Waals surface area contributed by atoms with Gasteiger partial charge in [-0.3, -0.25) is 4.79 Å². The first-order valence-electron chi connectivity index (χ1n) is 4.66.